The second-order valence-electron chi connectivity index (χ2n) is 7.74. The quantitative estimate of drug-likeness (QED) is 0.632. The number of esters is 1. The van der Waals surface area contributed by atoms with Crippen molar-refractivity contribution in [2.45, 2.75) is 25.8 Å². The van der Waals surface area contributed by atoms with E-state index in [1.807, 2.05) is 22.8 Å². The average Bonchev–Trinajstić information content (AvgIpc) is 3.26. The molecule has 0 N–H and O–H groups in total. The van der Waals surface area contributed by atoms with Crippen molar-refractivity contribution in [1.29, 1.82) is 0 Å². The second kappa shape index (κ2) is 6.82. The zero-order valence-corrected chi connectivity index (χ0v) is 16.5. The van der Waals surface area contributed by atoms with Crippen molar-refractivity contribution in [3.05, 3.63) is 83.4 Å². The van der Waals surface area contributed by atoms with E-state index >= 15 is 0 Å². The Balaban J connectivity index is 1.88. The molecule has 144 valence electrons. The van der Waals surface area contributed by atoms with Crippen LogP contribution in [0.4, 0.5) is 0 Å². The molecule has 0 bridgehead atoms. The van der Waals surface area contributed by atoms with Gasteiger partial charge in [0.1, 0.15) is 11.4 Å². The summed E-state index contributed by atoms with van der Waals surface area (Å²) in [6, 6.07) is 16.7. The first-order valence-electron chi connectivity index (χ1n) is 9.32. The third-order valence-corrected chi connectivity index (χ3v) is 5.84. The molecule has 2 atom stereocenters. The summed E-state index contributed by atoms with van der Waals surface area (Å²) >= 11 is 0. The number of carbonyl (C=O) groups is 1. The Bertz CT molecular complexity index is 1000. The molecule has 1 aromatic heterocycles. The zero-order valence-electron chi connectivity index (χ0n) is 16.5. The van der Waals surface area contributed by atoms with Gasteiger partial charge in [-0.25, -0.2) is 9.78 Å². The van der Waals surface area contributed by atoms with Crippen LogP contribution in [0, 0.1) is 5.41 Å². The van der Waals surface area contributed by atoms with Gasteiger partial charge in [-0.15, -0.1) is 0 Å². The minimum Gasteiger partial charge on any atom is -0.497 e. The number of ether oxygens (including phenoxy) is 2. The molecule has 1 aliphatic carbocycles. The van der Waals surface area contributed by atoms with Crippen LogP contribution >= 0.6 is 0 Å². The van der Waals surface area contributed by atoms with Crippen LogP contribution in [-0.4, -0.2) is 29.7 Å². The Morgan fingerprint density at radius 3 is 2.36 bits per heavy atom. The smallest absolute Gasteiger partial charge is 0.356 e. The maximum Gasteiger partial charge on any atom is 0.356 e. The lowest BCUT2D eigenvalue weighted by Gasteiger charge is -2.35. The molecule has 0 amide bonds. The van der Waals surface area contributed by atoms with Crippen LogP contribution in [0.1, 0.15) is 53.0 Å². The number of hydrogen-bond acceptors (Lipinski definition) is 4. The highest BCUT2D eigenvalue weighted by Crippen LogP contribution is 2.58. The monoisotopic (exact) mass is 376 g/mol. The molecule has 0 saturated carbocycles. The standard InChI is InChI=1S/C23H24N2O3/c1-23(2)20(15-9-11-16(27-3)12-10-15)17-7-5-6-8-18(17)21(23)25-14-24-13-19(25)22(26)28-4/h5-14,20-21H,1-4H3. The molecule has 0 radical (unpaired) electrons. The van der Waals surface area contributed by atoms with Gasteiger partial charge < -0.3 is 14.0 Å². The first-order chi connectivity index (χ1) is 13.5. The van der Waals surface area contributed by atoms with Crippen molar-refractivity contribution < 1.29 is 14.3 Å². The number of nitrogens with zero attached hydrogens (tertiary/aromatic N) is 2. The van der Waals surface area contributed by atoms with Gasteiger partial charge in [0.15, 0.2) is 0 Å². The van der Waals surface area contributed by atoms with Gasteiger partial charge in [0, 0.05) is 11.3 Å². The van der Waals surface area contributed by atoms with Gasteiger partial charge in [-0.1, -0.05) is 50.2 Å². The fourth-order valence-electron chi connectivity index (χ4n) is 4.67. The van der Waals surface area contributed by atoms with Crippen molar-refractivity contribution in [2.75, 3.05) is 14.2 Å². The lowest BCUT2D eigenvalue weighted by Crippen LogP contribution is -2.29. The summed E-state index contributed by atoms with van der Waals surface area (Å²) in [5.41, 5.74) is 3.97. The van der Waals surface area contributed by atoms with E-state index in [1.54, 1.807) is 19.6 Å². The molecule has 1 heterocycles. The van der Waals surface area contributed by atoms with Gasteiger partial charge in [0.25, 0.3) is 0 Å². The van der Waals surface area contributed by atoms with E-state index in [4.69, 9.17) is 9.47 Å². The topological polar surface area (TPSA) is 53.3 Å². The SMILES string of the molecule is COC(=O)c1cncn1C1c2ccccc2C(c2ccc(OC)cc2)C1(C)C. The molecule has 0 aliphatic heterocycles. The number of benzene rings is 2. The zero-order chi connectivity index (χ0) is 19.9. The highest BCUT2D eigenvalue weighted by Gasteiger charge is 2.49. The highest BCUT2D eigenvalue weighted by atomic mass is 16.5. The van der Waals surface area contributed by atoms with Gasteiger partial charge >= 0.3 is 5.97 Å². The molecule has 0 saturated heterocycles. The van der Waals surface area contributed by atoms with Crippen LogP contribution in [-0.2, 0) is 4.74 Å². The summed E-state index contributed by atoms with van der Waals surface area (Å²) in [7, 11) is 3.07. The molecular formula is C23H24N2O3. The predicted octanol–water partition coefficient (Wildman–Crippen LogP) is 4.44. The summed E-state index contributed by atoms with van der Waals surface area (Å²) in [5, 5.41) is 0. The number of fused-ring (bicyclic) bond motifs is 1. The summed E-state index contributed by atoms with van der Waals surface area (Å²) < 4.78 is 12.3. The minimum atomic E-state index is -0.376. The van der Waals surface area contributed by atoms with Crippen molar-refractivity contribution in [3.63, 3.8) is 0 Å². The molecule has 2 aromatic carbocycles. The molecular weight excluding hydrogens is 352 g/mol. The average molecular weight is 376 g/mol. The van der Waals surface area contributed by atoms with E-state index in [1.165, 1.54) is 23.8 Å². The molecule has 2 unspecified atom stereocenters. The Morgan fingerprint density at radius 1 is 1.04 bits per heavy atom. The highest BCUT2D eigenvalue weighted by molar-refractivity contribution is 5.87. The fraction of sp³-hybridized carbons (Fsp3) is 0.304. The van der Waals surface area contributed by atoms with E-state index in [0.29, 0.717) is 5.69 Å². The third kappa shape index (κ3) is 2.70. The predicted molar refractivity (Wildman–Crippen MR) is 107 cm³/mol. The number of rotatable bonds is 4. The molecule has 4 rings (SSSR count). The Morgan fingerprint density at radius 2 is 1.71 bits per heavy atom. The summed E-state index contributed by atoms with van der Waals surface area (Å²) in [6.45, 7) is 4.49. The molecule has 1 aliphatic rings. The van der Waals surface area contributed by atoms with Gasteiger partial charge in [0.05, 0.1) is 32.8 Å². The maximum atomic E-state index is 12.3. The van der Waals surface area contributed by atoms with Crippen LogP contribution in [0.5, 0.6) is 5.75 Å². The lowest BCUT2D eigenvalue weighted by molar-refractivity contribution is 0.0582. The van der Waals surface area contributed by atoms with Crippen LogP contribution < -0.4 is 4.74 Å². The second-order valence-corrected chi connectivity index (χ2v) is 7.74. The number of hydrogen-bond donors (Lipinski definition) is 0. The van der Waals surface area contributed by atoms with Gasteiger partial charge in [-0.3, -0.25) is 0 Å². The molecule has 28 heavy (non-hydrogen) atoms. The molecule has 5 nitrogen and oxygen atoms in total. The first kappa shape index (κ1) is 18.3. The van der Waals surface area contributed by atoms with Gasteiger partial charge in [0.2, 0.25) is 0 Å². The van der Waals surface area contributed by atoms with Gasteiger partial charge in [-0.05, 0) is 28.8 Å². The van der Waals surface area contributed by atoms with Crippen molar-refractivity contribution >= 4 is 5.97 Å². The van der Waals surface area contributed by atoms with E-state index in [9.17, 15) is 4.79 Å². The summed E-state index contributed by atoms with van der Waals surface area (Å²) in [6.07, 6.45) is 3.30. The first-order valence-corrected chi connectivity index (χ1v) is 9.32. The lowest BCUT2D eigenvalue weighted by atomic mass is 9.73. The molecule has 0 fully saturated rings. The van der Waals surface area contributed by atoms with E-state index in [0.717, 1.165) is 5.75 Å². The van der Waals surface area contributed by atoms with E-state index < -0.39 is 0 Å². The molecule has 0 spiro atoms. The van der Waals surface area contributed by atoms with E-state index in [2.05, 4.69) is 49.2 Å². The third-order valence-electron chi connectivity index (χ3n) is 5.84. The maximum absolute atomic E-state index is 12.3. The Labute approximate surface area is 164 Å². The van der Waals surface area contributed by atoms with Crippen molar-refractivity contribution in [2.24, 2.45) is 5.41 Å². The Hall–Kier alpha value is -3.08. The fourth-order valence-corrected chi connectivity index (χ4v) is 4.67. The number of methoxy groups -OCH3 is 2. The summed E-state index contributed by atoms with van der Waals surface area (Å²) in [5.74, 6) is 0.637. The Kier molecular flexibility index (Phi) is 4.46. The largest absolute Gasteiger partial charge is 0.497 e. The van der Waals surface area contributed by atoms with Crippen LogP contribution in [0.3, 0.4) is 0 Å². The van der Waals surface area contributed by atoms with E-state index in [-0.39, 0.29) is 23.3 Å². The van der Waals surface area contributed by atoms with Crippen molar-refractivity contribution in [3.8, 4) is 5.75 Å². The number of imidazole rings is 1. The number of aromatic nitrogens is 2. The molecule has 5 heteroatoms. The van der Waals surface area contributed by atoms with Crippen LogP contribution in [0.15, 0.2) is 61.1 Å². The number of carbonyl (C=O) groups excluding carboxylic acids is 1. The normalized spacial score (nSPS) is 19.9. The molecule has 3 aromatic rings. The summed E-state index contributed by atoms with van der Waals surface area (Å²) in [4.78, 5) is 16.5. The van der Waals surface area contributed by atoms with Gasteiger partial charge in [-0.2, -0.15) is 0 Å². The van der Waals surface area contributed by atoms with Crippen LogP contribution in [0.25, 0.3) is 0 Å². The van der Waals surface area contributed by atoms with Crippen molar-refractivity contribution in [1.82, 2.24) is 9.55 Å². The van der Waals surface area contributed by atoms with Crippen LogP contribution in [0.2, 0.25) is 0 Å². The minimum absolute atomic E-state index is 0.0348.